The van der Waals surface area contributed by atoms with Gasteiger partial charge in [-0.25, -0.2) is 4.79 Å². The predicted molar refractivity (Wildman–Crippen MR) is 116 cm³/mol. The monoisotopic (exact) mass is 406 g/mol. The second-order valence-corrected chi connectivity index (χ2v) is 6.72. The first-order valence-corrected chi connectivity index (χ1v) is 10.00. The molecule has 0 amide bonds. The summed E-state index contributed by atoms with van der Waals surface area (Å²) >= 11 is 0. The van der Waals surface area contributed by atoms with E-state index in [4.69, 9.17) is 19.3 Å². The summed E-state index contributed by atoms with van der Waals surface area (Å²) in [5.74, 6) is 0.556. The van der Waals surface area contributed by atoms with E-state index in [0.717, 1.165) is 16.9 Å². The topological polar surface area (TPSA) is 65.0 Å². The molecule has 0 aliphatic heterocycles. The van der Waals surface area contributed by atoms with Crippen molar-refractivity contribution in [3.05, 3.63) is 84.4 Å². The van der Waals surface area contributed by atoms with Crippen LogP contribution in [0, 0.1) is 0 Å². The van der Waals surface area contributed by atoms with Gasteiger partial charge in [0.15, 0.2) is 6.10 Å². The zero-order valence-corrected chi connectivity index (χ0v) is 17.0. The van der Waals surface area contributed by atoms with Crippen LogP contribution in [-0.2, 0) is 16.0 Å². The molecule has 0 aliphatic carbocycles. The Bertz CT molecular complexity index is 905. The highest BCUT2D eigenvalue weighted by molar-refractivity contribution is 5.72. The first kappa shape index (κ1) is 21.4. The number of hydrogen-bond acceptors (Lipinski definition) is 4. The van der Waals surface area contributed by atoms with Crippen LogP contribution < -0.4 is 9.47 Å². The van der Waals surface area contributed by atoms with Crippen molar-refractivity contribution in [2.75, 3.05) is 19.8 Å². The van der Waals surface area contributed by atoms with Gasteiger partial charge in [-0.3, -0.25) is 0 Å². The largest absolute Gasteiger partial charge is 0.490 e. The van der Waals surface area contributed by atoms with Gasteiger partial charge in [-0.15, -0.1) is 0 Å². The molecule has 1 N–H and O–H groups in total. The Labute approximate surface area is 176 Å². The Morgan fingerprint density at radius 2 is 1.33 bits per heavy atom. The average molecular weight is 406 g/mol. The molecule has 3 aromatic carbocycles. The van der Waals surface area contributed by atoms with Gasteiger partial charge >= 0.3 is 5.97 Å². The molecular weight excluding hydrogens is 380 g/mol. The molecular formula is C25H26O5. The maximum atomic E-state index is 11.2. The fourth-order valence-electron chi connectivity index (χ4n) is 3.05. The standard InChI is InChI=1S/C25H26O5/c1-2-28-24(25(26)27)18-19-8-12-22(13-9-19)29-16-17-30-23-14-10-21(11-15-23)20-6-4-3-5-7-20/h3-15,24H,2,16-18H2,1H3,(H,26,27). The molecule has 1 atom stereocenters. The molecule has 0 heterocycles. The Kier molecular flexibility index (Phi) is 7.86. The molecule has 5 heteroatoms. The van der Waals surface area contributed by atoms with Crippen molar-refractivity contribution >= 4 is 5.97 Å². The SMILES string of the molecule is CCOC(Cc1ccc(OCCOc2ccc(-c3ccccc3)cc2)cc1)C(=O)O. The summed E-state index contributed by atoms with van der Waals surface area (Å²) in [6.45, 7) is 2.99. The Morgan fingerprint density at radius 1 is 0.800 bits per heavy atom. The highest BCUT2D eigenvalue weighted by atomic mass is 16.5. The van der Waals surface area contributed by atoms with Crippen LogP contribution in [0.5, 0.6) is 11.5 Å². The summed E-state index contributed by atoms with van der Waals surface area (Å²) in [5, 5.41) is 9.17. The number of aliphatic carboxylic acids is 1. The van der Waals surface area contributed by atoms with Gasteiger partial charge in [-0.05, 0) is 47.9 Å². The number of carbonyl (C=O) groups is 1. The average Bonchev–Trinajstić information content (AvgIpc) is 2.78. The van der Waals surface area contributed by atoms with Gasteiger partial charge in [0.2, 0.25) is 0 Å². The van der Waals surface area contributed by atoms with Crippen molar-refractivity contribution < 1.29 is 24.1 Å². The van der Waals surface area contributed by atoms with E-state index >= 15 is 0 Å². The summed E-state index contributed by atoms with van der Waals surface area (Å²) in [5.41, 5.74) is 3.21. The molecule has 5 nitrogen and oxygen atoms in total. The van der Waals surface area contributed by atoms with Gasteiger partial charge in [0.1, 0.15) is 24.7 Å². The second kappa shape index (κ2) is 11.0. The number of hydrogen-bond donors (Lipinski definition) is 1. The second-order valence-electron chi connectivity index (χ2n) is 6.72. The molecule has 156 valence electrons. The van der Waals surface area contributed by atoms with Crippen LogP contribution in [0.4, 0.5) is 0 Å². The smallest absolute Gasteiger partial charge is 0.333 e. The van der Waals surface area contributed by atoms with Gasteiger partial charge in [0.25, 0.3) is 0 Å². The normalized spacial score (nSPS) is 11.6. The van der Waals surface area contributed by atoms with Crippen LogP contribution in [0.3, 0.4) is 0 Å². The van der Waals surface area contributed by atoms with E-state index in [1.807, 2.05) is 66.7 Å². The van der Waals surface area contributed by atoms with Gasteiger partial charge in [-0.1, -0.05) is 54.6 Å². The van der Waals surface area contributed by atoms with Crippen LogP contribution in [0.2, 0.25) is 0 Å². The molecule has 0 aliphatic rings. The summed E-state index contributed by atoms with van der Waals surface area (Å²) < 4.78 is 16.7. The van der Waals surface area contributed by atoms with Gasteiger partial charge in [0, 0.05) is 13.0 Å². The fourth-order valence-corrected chi connectivity index (χ4v) is 3.05. The third-order valence-electron chi connectivity index (χ3n) is 4.57. The molecule has 0 radical (unpaired) electrons. The first-order valence-electron chi connectivity index (χ1n) is 10.00. The van der Waals surface area contributed by atoms with E-state index in [9.17, 15) is 4.79 Å². The summed E-state index contributed by atoms with van der Waals surface area (Å²) in [6, 6.07) is 25.5. The summed E-state index contributed by atoms with van der Waals surface area (Å²) in [7, 11) is 0. The van der Waals surface area contributed by atoms with Crippen molar-refractivity contribution in [3.8, 4) is 22.6 Å². The summed E-state index contributed by atoms with van der Waals surface area (Å²) in [6.07, 6.45) is -0.505. The lowest BCUT2D eigenvalue weighted by atomic mass is 10.1. The number of rotatable bonds is 11. The van der Waals surface area contributed by atoms with E-state index in [2.05, 4.69) is 12.1 Å². The van der Waals surface area contributed by atoms with E-state index in [1.54, 1.807) is 6.92 Å². The summed E-state index contributed by atoms with van der Waals surface area (Å²) in [4.78, 5) is 11.2. The van der Waals surface area contributed by atoms with Crippen LogP contribution in [-0.4, -0.2) is 37.0 Å². The van der Waals surface area contributed by atoms with Crippen LogP contribution in [0.25, 0.3) is 11.1 Å². The highest BCUT2D eigenvalue weighted by Crippen LogP contribution is 2.22. The third kappa shape index (κ3) is 6.36. The zero-order valence-electron chi connectivity index (χ0n) is 17.0. The molecule has 30 heavy (non-hydrogen) atoms. The Balaban J connectivity index is 1.42. The quantitative estimate of drug-likeness (QED) is 0.462. The Hall–Kier alpha value is -3.31. The molecule has 3 aromatic rings. The number of benzene rings is 3. The van der Waals surface area contributed by atoms with Crippen LogP contribution in [0.1, 0.15) is 12.5 Å². The third-order valence-corrected chi connectivity index (χ3v) is 4.57. The number of ether oxygens (including phenoxy) is 3. The van der Waals surface area contributed by atoms with Crippen molar-refractivity contribution in [2.45, 2.75) is 19.4 Å². The van der Waals surface area contributed by atoms with Gasteiger partial charge in [-0.2, -0.15) is 0 Å². The van der Waals surface area contributed by atoms with E-state index < -0.39 is 12.1 Å². The number of carboxylic acid groups (broad SMARTS) is 1. The molecule has 0 bridgehead atoms. The minimum atomic E-state index is -0.953. The van der Waals surface area contributed by atoms with Crippen LogP contribution in [0.15, 0.2) is 78.9 Å². The lowest BCUT2D eigenvalue weighted by Gasteiger charge is -2.13. The number of carboxylic acids is 1. The van der Waals surface area contributed by atoms with E-state index in [-0.39, 0.29) is 0 Å². The molecule has 0 saturated carbocycles. The first-order chi connectivity index (χ1) is 14.7. The minimum Gasteiger partial charge on any atom is -0.490 e. The van der Waals surface area contributed by atoms with E-state index in [1.165, 1.54) is 5.56 Å². The fraction of sp³-hybridized carbons (Fsp3) is 0.240. The zero-order chi connectivity index (χ0) is 21.2. The maximum Gasteiger partial charge on any atom is 0.333 e. The minimum absolute atomic E-state index is 0.325. The molecule has 1 unspecified atom stereocenters. The molecule has 3 rings (SSSR count). The molecule has 0 aromatic heterocycles. The molecule has 0 spiro atoms. The van der Waals surface area contributed by atoms with Crippen molar-refractivity contribution in [3.63, 3.8) is 0 Å². The highest BCUT2D eigenvalue weighted by Gasteiger charge is 2.17. The van der Waals surface area contributed by atoms with Crippen LogP contribution >= 0.6 is 0 Å². The van der Waals surface area contributed by atoms with Crippen molar-refractivity contribution in [1.82, 2.24) is 0 Å². The lowest BCUT2D eigenvalue weighted by Crippen LogP contribution is -2.26. The van der Waals surface area contributed by atoms with Crippen molar-refractivity contribution in [1.29, 1.82) is 0 Å². The predicted octanol–water partition coefficient (Wildman–Crippen LogP) is 4.84. The van der Waals surface area contributed by atoms with Crippen molar-refractivity contribution in [2.24, 2.45) is 0 Å². The lowest BCUT2D eigenvalue weighted by molar-refractivity contribution is -0.149. The molecule has 0 saturated heterocycles. The van der Waals surface area contributed by atoms with Gasteiger partial charge < -0.3 is 19.3 Å². The molecule has 0 fully saturated rings. The van der Waals surface area contributed by atoms with Gasteiger partial charge in [0.05, 0.1) is 0 Å². The van der Waals surface area contributed by atoms with E-state index in [0.29, 0.717) is 32.0 Å². The Morgan fingerprint density at radius 3 is 1.87 bits per heavy atom. The maximum absolute atomic E-state index is 11.2.